The fourth-order valence-corrected chi connectivity index (χ4v) is 2.29. The van der Waals surface area contributed by atoms with Crippen molar-refractivity contribution < 1.29 is 9.13 Å². The van der Waals surface area contributed by atoms with Crippen LogP contribution in [-0.4, -0.2) is 19.7 Å². The first-order valence-electron chi connectivity index (χ1n) is 7.11. The van der Waals surface area contributed by atoms with Crippen molar-refractivity contribution in [2.24, 2.45) is 11.5 Å². The highest BCUT2D eigenvalue weighted by Gasteiger charge is 2.14. The molecule has 0 heterocycles. The second-order valence-electron chi connectivity index (χ2n) is 4.95. The van der Waals surface area contributed by atoms with Crippen LogP contribution in [-0.2, 0) is 6.42 Å². The van der Waals surface area contributed by atoms with Gasteiger partial charge in [-0.05, 0) is 36.2 Å². The Labute approximate surface area is 124 Å². The first-order valence-corrected chi connectivity index (χ1v) is 7.11. The molecule has 3 nitrogen and oxygen atoms in total. The van der Waals surface area contributed by atoms with Crippen LogP contribution in [0.1, 0.15) is 17.0 Å². The third-order valence-electron chi connectivity index (χ3n) is 3.41. The molecule has 0 amide bonds. The number of ether oxygens (including phenoxy) is 1. The van der Waals surface area contributed by atoms with E-state index in [1.807, 2.05) is 18.2 Å². The number of benzene rings is 2. The van der Waals surface area contributed by atoms with Crippen LogP contribution in [0.3, 0.4) is 0 Å². The molecule has 1 unspecified atom stereocenters. The monoisotopic (exact) mass is 288 g/mol. The van der Waals surface area contributed by atoms with Crippen LogP contribution < -0.4 is 16.2 Å². The van der Waals surface area contributed by atoms with Crippen LogP contribution in [0.4, 0.5) is 4.39 Å². The van der Waals surface area contributed by atoms with Crippen LogP contribution in [0, 0.1) is 5.82 Å². The van der Waals surface area contributed by atoms with Gasteiger partial charge in [-0.2, -0.15) is 0 Å². The topological polar surface area (TPSA) is 61.3 Å². The first-order chi connectivity index (χ1) is 10.2. The summed E-state index contributed by atoms with van der Waals surface area (Å²) in [6.45, 7) is 1.15. The Balaban J connectivity index is 2.17. The molecule has 0 bridgehead atoms. The lowest BCUT2D eigenvalue weighted by Gasteiger charge is -2.17. The molecule has 0 saturated carbocycles. The van der Waals surface area contributed by atoms with E-state index < -0.39 is 0 Å². The van der Waals surface area contributed by atoms with Gasteiger partial charge in [0.1, 0.15) is 6.61 Å². The lowest BCUT2D eigenvalue weighted by atomic mass is 9.92. The summed E-state index contributed by atoms with van der Waals surface area (Å²) in [6, 6.07) is 15.0. The summed E-state index contributed by atoms with van der Waals surface area (Å²) < 4.78 is 19.0. The molecule has 2 aromatic rings. The number of hydrogen-bond donors (Lipinski definition) is 2. The summed E-state index contributed by atoms with van der Waals surface area (Å²) in [5, 5.41) is 0. The van der Waals surface area contributed by atoms with Crippen LogP contribution in [0.15, 0.2) is 48.5 Å². The summed E-state index contributed by atoms with van der Waals surface area (Å²) in [5.41, 5.74) is 13.5. The molecular formula is C17H21FN2O. The van der Waals surface area contributed by atoms with E-state index >= 15 is 0 Å². The maximum absolute atomic E-state index is 13.7. The summed E-state index contributed by atoms with van der Waals surface area (Å²) >= 11 is 0. The Morgan fingerprint density at radius 3 is 2.48 bits per heavy atom. The number of hydrogen-bond acceptors (Lipinski definition) is 3. The van der Waals surface area contributed by atoms with Crippen molar-refractivity contribution in [1.82, 2.24) is 0 Å². The number of halogens is 1. The van der Waals surface area contributed by atoms with E-state index in [4.69, 9.17) is 16.2 Å². The Hall–Kier alpha value is -1.91. The molecule has 4 heteroatoms. The molecule has 0 aliphatic rings. The SMILES string of the molecule is NCCOc1cc(C(CN)Cc2ccccc2)ccc1F. The standard InChI is InChI=1S/C17H21FN2O/c18-16-7-6-14(11-17(16)21-9-8-19)15(12-20)10-13-4-2-1-3-5-13/h1-7,11,15H,8-10,12,19-20H2. The molecule has 0 radical (unpaired) electrons. The van der Waals surface area contributed by atoms with Crippen LogP contribution >= 0.6 is 0 Å². The fourth-order valence-electron chi connectivity index (χ4n) is 2.29. The Bertz CT molecular complexity index is 560. The van der Waals surface area contributed by atoms with Gasteiger partial charge in [-0.25, -0.2) is 4.39 Å². The van der Waals surface area contributed by atoms with Gasteiger partial charge in [0.05, 0.1) is 0 Å². The smallest absolute Gasteiger partial charge is 0.165 e. The summed E-state index contributed by atoms with van der Waals surface area (Å²) in [5.74, 6) is 0.000343. The van der Waals surface area contributed by atoms with Gasteiger partial charge in [0, 0.05) is 12.5 Å². The minimum Gasteiger partial charge on any atom is -0.489 e. The zero-order valence-electron chi connectivity index (χ0n) is 12.0. The van der Waals surface area contributed by atoms with Crippen LogP contribution in [0.5, 0.6) is 5.75 Å². The number of rotatable bonds is 7. The van der Waals surface area contributed by atoms with Gasteiger partial charge in [-0.3, -0.25) is 0 Å². The quantitative estimate of drug-likeness (QED) is 0.822. The zero-order valence-corrected chi connectivity index (χ0v) is 12.0. The molecule has 2 rings (SSSR count). The molecule has 0 saturated heterocycles. The predicted molar refractivity (Wildman–Crippen MR) is 82.9 cm³/mol. The van der Waals surface area contributed by atoms with Crippen LogP contribution in [0.2, 0.25) is 0 Å². The second kappa shape index (κ2) is 7.76. The van der Waals surface area contributed by atoms with E-state index in [1.54, 1.807) is 12.1 Å². The second-order valence-corrected chi connectivity index (χ2v) is 4.95. The highest BCUT2D eigenvalue weighted by atomic mass is 19.1. The summed E-state index contributed by atoms with van der Waals surface area (Å²) in [7, 11) is 0. The minimum atomic E-state index is -0.373. The Morgan fingerprint density at radius 1 is 1.05 bits per heavy atom. The van der Waals surface area contributed by atoms with E-state index in [0.717, 1.165) is 12.0 Å². The lowest BCUT2D eigenvalue weighted by molar-refractivity contribution is 0.310. The molecule has 1 atom stereocenters. The van der Waals surface area contributed by atoms with Gasteiger partial charge in [0.25, 0.3) is 0 Å². The van der Waals surface area contributed by atoms with Gasteiger partial charge < -0.3 is 16.2 Å². The maximum atomic E-state index is 13.7. The summed E-state index contributed by atoms with van der Waals surface area (Å²) in [4.78, 5) is 0. The zero-order chi connectivity index (χ0) is 15.1. The van der Waals surface area contributed by atoms with Crippen molar-refractivity contribution >= 4 is 0 Å². The first kappa shape index (κ1) is 15.5. The van der Waals surface area contributed by atoms with Gasteiger partial charge in [-0.15, -0.1) is 0 Å². The van der Waals surface area contributed by atoms with Crippen molar-refractivity contribution in [2.45, 2.75) is 12.3 Å². The maximum Gasteiger partial charge on any atom is 0.165 e. The van der Waals surface area contributed by atoms with Crippen molar-refractivity contribution in [3.63, 3.8) is 0 Å². The molecule has 0 aromatic heterocycles. The lowest BCUT2D eigenvalue weighted by Crippen LogP contribution is -2.16. The summed E-state index contributed by atoms with van der Waals surface area (Å²) in [6.07, 6.45) is 0.819. The molecule has 2 aromatic carbocycles. The van der Waals surface area contributed by atoms with E-state index in [2.05, 4.69) is 12.1 Å². The van der Waals surface area contributed by atoms with Gasteiger partial charge in [0.15, 0.2) is 11.6 Å². The van der Waals surface area contributed by atoms with E-state index in [0.29, 0.717) is 19.7 Å². The van der Waals surface area contributed by atoms with Gasteiger partial charge in [0.2, 0.25) is 0 Å². The molecule has 21 heavy (non-hydrogen) atoms. The van der Waals surface area contributed by atoms with Gasteiger partial charge in [-0.1, -0.05) is 36.4 Å². The van der Waals surface area contributed by atoms with Crippen LogP contribution in [0.25, 0.3) is 0 Å². The molecule has 0 aliphatic heterocycles. The van der Waals surface area contributed by atoms with E-state index in [9.17, 15) is 4.39 Å². The predicted octanol–water partition coefficient (Wildman–Crippen LogP) is 2.45. The molecule has 4 N–H and O–H groups in total. The Morgan fingerprint density at radius 2 is 1.81 bits per heavy atom. The average Bonchev–Trinajstić information content (AvgIpc) is 2.53. The Kier molecular flexibility index (Phi) is 5.72. The normalized spacial score (nSPS) is 12.1. The highest BCUT2D eigenvalue weighted by molar-refractivity contribution is 5.34. The van der Waals surface area contributed by atoms with Crippen molar-refractivity contribution in [2.75, 3.05) is 19.7 Å². The number of nitrogens with two attached hydrogens (primary N) is 2. The minimum absolute atomic E-state index is 0.133. The van der Waals surface area contributed by atoms with E-state index in [1.165, 1.54) is 11.6 Å². The molecule has 112 valence electrons. The third kappa shape index (κ3) is 4.28. The average molecular weight is 288 g/mol. The molecule has 0 aliphatic carbocycles. The fraction of sp³-hybridized carbons (Fsp3) is 0.294. The van der Waals surface area contributed by atoms with E-state index in [-0.39, 0.29) is 17.5 Å². The molecular weight excluding hydrogens is 267 g/mol. The van der Waals surface area contributed by atoms with Crippen molar-refractivity contribution in [3.05, 3.63) is 65.5 Å². The molecule has 0 spiro atoms. The highest BCUT2D eigenvalue weighted by Crippen LogP contribution is 2.26. The largest absolute Gasteiger partial charge is 0.489 e. The third-order valence-corrected chi connectivity index (χ3v) is 3.41. The molecule has 0 fully saturated rings. The van der Waals surface area contributed by atoms with Gasteiger partial charge >= 0.3 is 0 Å². The van der Waals surface area contributed by atoms with Crippen molar-refractivity contribution in [3.8, 4) is 5.75 Å². The van der Waals surface area contributed by atoms with Crippen molar-refractivity contribution in [1.29, 1.82) is 0 Å².